The van der Waals surface area contributed by atoms with E-state index in [1.807, 2.05) is 38.2 Å². The number of hydrogen-bond acceptors (Lipinski definition) is 1. The van der Waals surface area contributed by atoms with Crippen LogP contribution in [0, 0.1) is 0 Å². The van der Waals surface area contributed by atoms with Gasteiger partial charge in [0.15, 0.2) is 0 Å². The van der Waals surface area contributed by atoms with E-state index >= 15 is 0 Å². The Morgan fingerprint density at radius 1 is 1.40 bits per heavy atom. The van der Waals surface area contributed by atoms with Crippen LogP contribution in [0.15, 0.2) is 24.4 Å². The molecule has 1 heteroatoms. The average molecular weight is 139 g/mol. The Hall–Kier alpha value is -0.850. The molecular formula is C9H17N. The molecule has 0 saturated heterocycles. The van der Waals surface area contributed by atoms with E-state index in [2.05, 4.69) is 11.9 Å². The van der Waals surface area contributed by atoms with Gasteiger partial charge in [-0.05, 0) is 18.6 Å². The predicted octanol–water partition coefficient (Wildman–Crippen LogP) is 2.92. The molecular weight excluding hydrogens is 122 g/mol. The lowest BCUT2D eigenvalue weighted by atomic mass is 10.3. The largest absolute Gasteiger partial charge is 0.261 e. The van der Waals surface area contributed by atoms with E-state index in [9.17, 15) is 0 Å². The van der Waals surface area contributed by atoms with Gasteiger partial charge in [-0.1, -0.05) is 26.8 Å². The van der Waals surface area contributed by atoms with Crippen LogP contribution in [0.1, 0.15) is 27.9 Å². The highest BCUT2D eigenvalue weighted by Gasteiger charge is 1.81. The van der Waals surface area contributed by atoms with Gasteiger partial charge in [0.2, 0.25) is 0 Å². The van der Waals surface area contributed by atoms with Crippen molar-refractivity contribution in [2.24, 2.45) is 0 Å². The van der Waals surface area contributed by atoms with E-state index < -0.39 is 0 Å². The third-order valence-corrected chi connectivity index (χ3v) is 1.09. The van der Waals surface area contributed by atoms with E-state index in [0.29, 0.717) is 0 Å². The molecule has 0 saturated carbocycles. The fourth-order valence-corrected chi connectivity index (χ4v) is 0.607. The lowest BCUT2D eigenvalue weighted by Gasteiger charge is -1.88. The SMILES string of the molecule is CC.CCc1ccccn1.[HH]. The summed E-state index contributed by atoms with van der Waals surface area (Å²) in [5.74, 6) is 0. The summed E-state index contributed by atoms with van der Waals surface area (Å²) in [6.45, 7) is 6.10. The molecule has 0 radical (unpaired) electrons. The van der Waals surface area contributed by atoms with E-state index in [4.69, 9.17) is 0 Å². The lowest BCUT2D eigenvalue weighted by Crippen LogP contribution is -1.81. The molecule has 0 amide bonds. The van der Waals surface area contributed by atoms with Crippen molar-refractivity contribution in [1.82, 2.24) is 4.98 Å². The zero-order valence-electron chi connectivity index (χ0n) is 6.96. The number of pyridine rings is 1. The summed E-state index contributed by atoms with van der Waals surface area (Å²) in [6, 6.07) is 5.96. The molecule has 0 aromatic carbocycles. The summed E-state index contributed by atoms with van der Waals surface area (Å²) >= 11 is 0. The number of nitrogens with zero attached hydrogens (tertiary/aromatic N) is 1. The summed E-state index contributed by atoms with van der Waals surface area (Å²) in [4.78, 5) is 4.10. The molecule has 0 spiro atoms. The van der Waals surface area contributed by atoms with Gasteiger partial charge in [-0.15, -0.1) is 0 Å². The molecule has 1 nitrogen and oxygen atoms in total. The fraction of sp³-hybridized carbons (Fsp3) is 0.444. The van der Waals surface area contributed by atoms with E-state index in [-0.39, 0.29) is 1.43 Å². The van der Waals surface area contributed by atoms with Gasteiger partial charge in [-0.2, -0.15) is 0 Å². The second kappa shape index (κ2) is 6.27. The summed E-state index contributed by atoms with van der Waals surface area (Å²) < 4.78 is 0. The summed E-state index contributed by atoms with van der Waals surface area (Å²) in [5, 5.41) is 0. The Morgan fingerprint density at radius 2 is 2.10 bits per heavy atom. The Labute approximate surface area is 64.6 Å². The molecule has 0 atom stereocenters. The second-order valence-electron chi connectivity index (χ2n) is 1.67. The maximum Gasteiger partial charge on any atom is 0.0400 e. The summed E-state index contributed by atoms with van der Waals surface area (Å²) in [7, 11) is 0. The first-order valence-corrected chi connectivity index (χ1v) is 3.83. The maximum atomic E-state index is 4.10. The van der Waals surface area contributed by atoms with Gasteiger partial charge in [0.05, 0.1) is 0 Å². The molecule has 0 unspecified atom stereocenters. The van der Waals surface area contributed by atoms with Gasteiger partial charge in [0, 0.05) is 13.3 Å². The van der Waals surface area contributed by atoms with Crippen LogP contribution in [0.25, 0.3) is 0 Å². The topological polar surface area (TPSA) is 12.9 Å². The zero-order valence-corrected chi connectivity index (χ0v) is 6.96. The van der Waals surface area contributed by atoms with Crippen LogP contribution >= 0.6 is 0 Å². The van der Waals surface area contributed by atoms with Crippen molar-refractivity contribution in [2.45, 2.75) is 27.2 Å². The van der Waals surface area contributed by atoms with Crippen LogP contribution < -0.4 is 0 Å². The van der Waals surface area contributed by atoms with Gasteiger partial charge in [-0.3, -0.25) is 4.98 Å². The van der Waals surface area contributed by atoms with Crippen molar-refractivity contribution in [1.29, 1.82) is 0 Å². The number of aryl methyl sites for hydroxylation is 1. The molecule has 58 valence electrons. The number of rotatable bonds is 1. The molecule has 0 aliphatic carbocycles. The van der Waals surface area contributed by atoms with Gasteiger partial charge in [0.1, 0.15) is 0 Å². The molecule has 10 heavy (non-hydrogen) atoms. The Morgan fingerprint density at radius 3 is 2.40 bits per heavy atom. The minimum Gasteiger partial charge on any atom is -0.261 e. The van der Waals surface area contributed by atoms with Crippen LogP contribution in [0.2, 0.25) is 0 Å². The van der Waals surface area contributed by atoms with Gasteiger partial charge < -0.3 is 0 Å². The molecule has 0 N–H and O–H groups in total. The minimum absolute atomic E-state index is 0. The van der Waals surface area contributed by atoms with E-state index in [1.165, 1.54) is 0 Å². The second-order valence-corrected chi connectivity index (χ2v) is 1.67. The molecule has 1 rings (SSSR count). The van der Waals surface area contributed by atoms with Gasteiger partial charge >= 0.3 is 0 Å². The van der Waals surface area contributed by atoms with Crippen LogP contribution in [0.5, 0.6) is 0 Å². The minimum atomic E-state index is 0. The van der Waals surface area contributed by atoms with Crippen LogP contribution in [0.4, 0.5) is 0 Å². The number of hydrogen-bond donors (Lipinski definition) is 0. The normalized spacial score (nSPS) is 7.90. The third kappa shape index (κ3) is 3.23. The Bertz CT molecular complexity index is 151. The maximum absolute atomic E-state index is 4.10. The fourth-order valence-electron chi connectivity index (χ4n) is 0.607. The first kappa shape index (κ1) is 9.15. The predicted molar refractivity (Wildman–Crippen MR) is 47.1 cm³/mol. The van der Waals surface area contributed by atoms with Crippen LogP contribution in [0.3, 0.4) is 0 Å². The smallest absolute Gasteiger partial charge is 0.0400 e. The molecule has 0 bridgehead atoms. The van der Waals surface area contributed by atoms with Crippen molar-refractivity contribution in [3.05, 3.63) is 30.1 Å². The quantitative estimate of drug-likeness (QED) is 0.583. The first-order valence-electron chi connectivity index (χ1n) is 3.83. The van der Waals surface area contributed by atoms with E-state index in [1.54, 1.807) is 0 Å². The van der Waals surface area contributed by atoms with Gasteiger partial charge in [0.25, 0.3) is 0 Å². The average Bonchev–Trinajstić information content (AvgIpc) is 2.10. The Kier molecular flexibility index (Phi) is 5.74. The number of aromatic nitrogens is 1. The summed E-state index contributed by atoms with van der Waals surface area (Å²) in [5.41, 5.74) is 1.16. The monoisotopic (exact) mass is 139 g/mol. The molecule has 1 aromatic heterocycles. The van der Waals surface area contributed by atoms with Crippen LogP contribution in [-0.2, 0) is 6.42 Å². The lowest BCUT2D eigenvalue weighted by molar-refractivity contribution is 1.04. The molecule has 0 aliphatic heterocycles. The van der Waals surface area contributed by atoms with Crippen molar-refractivity contribution < 1.29 is 1.43 Å². The highest BCUT2D eigenvalue weighted by Crippen LogP contribution is 1.91. The highest BCUT2D eigenvalue weighted by molar-refractivity contribution is 5.02. The summed E-state index contributed by atoms with van der Waals surface area (Å²) in [6.07, 6.45) is 2.85. The third-order valence-electron chi connectivity index (χ3n) is 1.09. The molecule has 0 fully saturated rings. The molecule has 0 aliphatic rings. The first-order chi connectivity index (χ1) is 4.93. The standard InChI is InChI=1S/C7H9N.C2H6.H2/c1-2-7-5-3-4-6-8-7;1-2;/h3-6H,2H2,1H3;1-2H3;1H. The van der Waals surface area contributed by atoms with Crippen molar-refractivity contribution in [2.75, 3.05) is 0 Å². The molecule has 1 heterocycles. The molecule has 1 aromatic rings. The van der Waals surface area contributed by atoms with Crippen molar-refractivity contribution in [3.63, 3.8) is 0 Å². The van der Waals surface area contributed by atoms with Gasteiger partial charge in [-0.25, -0.2) is 0 Å². The highest BCUT2D eigenvalue weighted by atomic mass is 14.6. The van der Waals surface area contributed by atoms with Crippen molar-refractivity contribution in [3.8, 4) is 0 Å². The van der Waals surface area contributed by atoms with E-state index in [0.717, 1.165) is 12.1 Å². The van der Waals surface area contributed by atoms with Crippen LogP contribution in [-0.4, -0.2) is 4.98 Å². The zero-order chi connectivity index (χ0) is 7.82. The Balaban J connectivity index is 0. The van der Waals surface area contributed by atoms with Crippen molar-refractivity contribution >= 4 is 0 Å².